The lowest BCUT2D eigenvalue weighted by atomic mass is 10.4. The summed E-state index contributed by atoms with van der Waals surface area (Å²) in [5, 5.41) is 15.1. The standard InChI is InChI=1S/C6H16N4OS/c1-10-4(3-11)8-5(7)9-6(10)12-2/h4-6,8-9,11H,3,7H2,1-2H3/t4?,5-,6-/m1/s1. The third kappa shape index (κ3) is 2.09. The van der Waals surface area contributed by atoms with Gasteiger partial charge < -0.3 is 10.8 Å². The highest BCUT2D eigenvalue weighted by Gasteiger charge is 2.28. The van der Waals surface area contributed by atoms with Gasteiger partial charge in [-0.1, -0.05) is 0 Å². The molecule has 72 valence electrons. The number of rotatable bonds is 2. The molecule has 5 N–H and O–H groups in total. The molecule has 0 aliphatic carbocycles. The van der Waals surface area contributed by atoms with Crippen LogP contribution in [0.5, 0.6) is 0 Å². The first-order chi connectivity index (χ1) is 5.69. The maximum atomic E-state index is 9.00. The Morgan fingerprint density at radius 2 is 2.25 bits per heavy atom. The minimum absolute atomic E-state index is 0.0568. The lowest BCUT2D eigenvalue weighted by molar-refractivity contribution is 0.0477. The Hall–Kier alpha value is 0.150. The van der Waals surface area contributed by atoms with Gasteiger partial charge in [-0.2, -0.15) is 0 Å². The number of nitrogens with zero attached hydrogens (tertiary/aromatic N) is 1. The Morgan fingerprint density at radius 1 is 1.58 bits per heavy atom. The minimum Gasteiger partial charge on any atom is -0.393 e. The molecule has 1 aliphatic heterocycles. The number of likely N-dealkylation sites (N-methyl/N-ethyl adjacent to an activating group) is 1. The summed E-state index contributed by atoms with van der Waals surface area (Å²) in [4.78, 5) is 2.01. The Labute approximate surface area is 76.7 Å². The minimum atomic E-state index is -0.240. The fourth-order valence-corrected chi connectivity index (χ4v) is 1.99. The van der Waals surface area contributed by atoms with Gasteiger partial charge in [-0.3, -0.25) is 15.5 Å². The summed E-state index contributed by atoms with van der Waals surface area (Å²) >= 11 is 1.66. The van der Waals surface area contributed by atoms with Gasteiger partial charge in [-0.15, -0.1) is 11.8 Å². The Kier molecular flexibility index (Phi) is 3.76. The van der Waals surface area contributed by atoms with Crippen LogP contribution < -0.4 is 16.4 Å². The van der Waals surface area contributed by atoms with E-state index in [9.17, 15) is 0 Å². The van der Waals surface area contributed by atoms with E-state index in [2.05, 4.69) is 10.6 Å². The van der Waals surface area contributed by atoms with Gasteiger partial charge in [0.15, 0.2) is 0 Å². The largest absolute Gasteiger partial charge is 0.393 e. The summed E-state index contributed by atoms with van der Waals surface area (Å²) in [7, 11) is 1.94. The Balaban J connectivity index is 2.55. The zero-order valence-corrected chi connectivity index (χ0v) is 8.14. The SMILES string of the molecule is CS[C@@H]1N[C@H](N)NC(CO)N1C. The molecular weight excluding hydrogens is 176 g/mol. The lowest BCUT2D eigenvalue weighted by Crippen LogP contribution is -2.70. The van der Waals surface area contributed by atoms with Crippen LogP contribution in [-0.2, 0) is 0 Å². The molecule has 6 heteroatoms. The molecule has 1 saturated heterocycles. The predicted molar refractivity (Wildman–Crippen MR) is 50.2 cm³/mol. The number of hydrogen-bond acceptors (Lipinski definition) is 6. The molecule has 1 unspecified atom stereocenters. The third-order valence-corrected chi connectivity index (χ3v) is 2.87. The first kappa shape index (κ1) is 10.2. The summed E-state index contributed by atoms with van der Waals surface area (Å²) in [5.74, 6) is 0. The molecule has 12 heavy (non-hydrogen) atoms. The quantitative estimate of drug-likeness (QED) is 0.419. The van der Waals surface area contributed by atoms with Crippen LogP contribution in [0.25, 0.3) is 0 Å². The van der Waals surface area contributed by atoms with Crippen LogP contribution in [0.4, 0.5) is 0 Å². The highest BCUT2D eigenvalue weighted by Crippen LogP contribution is 2.13. The normalized spacial score (nSPS) is 38.5. The number of aliphatic hydroxyl groups excluding tert-OH is 1. The highest BCUT2D eigenvalue weighted by atomic mass is 32.2. The molecule has 0 saturated carbocycles. The second-order valence-electron chi connectivity index (χ2n) is 2.76. The Bertz CT molecular complexity index is 134. The molecule has 5 nitrogen and oxygen atoms in total. The van der Waals surface area contributed by atoms with Crippen molar-refractivity contribution in [2.75, 3.05) is 19.9 Å². The zero-order valence-electron chi connectivity index (χ0n) is 7.32. The summed E-state index contributed by atoms with van der Waals surface area (Å²) in [6, 6.07) is 0. The maximum Gasteiger partial charge on any atom is 0.112 e. The van der Waals surface area contributed by atoms with Crippen molar-refractivity contribution < 1.29 is 5.11 Å². The summed E-state index contributed by atoms with van der Waals surface area (Å²) in [6.07, 6.45) is 1.70. The first-order valence-electron chi connectivity index (χ1n) is 3.82. The van der Waals surface area contributed by atoms with Gasteiger partial charge >= 0.3 is 0 Å². The van der Waals surface area contributed by atoms with E-state index in [1.165, 1.54) is 0 Å². The van der Waals surface area contributed by atoms with Crippen molar-refractivity contribution in [1.29, 1.82) is 0 Å². The van der Waals surface area contributed by atoms with Gasteiger partial charge in [-0.05, 0) is 13.3 Å². The molecule has 0 radical (unpaired) electrons. The Morgan fingerprint density at radius 3 is 2.75 bits per heavy atom. The number of aliphatic hydroxyl groups is 1. The van der Waals surface area contributed by atoms with Gasteiger partial charge in [0.05, 0.1) is 12.8 Å². The van der Waals surface area contributed by atoms with Crippen molar-refractivity contribution >= 4 is 11.8 Å². The van der Waals surface area contributed by atoms with E-state index in [1.807, 2.05) is 18.2 Å². The van der Waals surface area contributed by atoms with Gasteiger partial charge in [0.2, 0.25) is 0 Å². The molecular formula is C6H16N4OS. The van der Waals surface area contributed by atoms with Crippen LogP contribution in [0, 0.1) is 0 Å². The zero-order chi connectivity index (χ0) is 9.14. The fourth-order valence-electron chi connectivity index (χ4n) is 1.22. The molecule has 1 rings (SSSR count). The number of hydrogen-bond donors (Lipinski definition) is 4. The average Bonchev–Trinajstić information content (AvgIpc) is 2.08. The van der Waals surface area contributed by atoms with Crippen molar-refractivity contribution in [3.8, 4) is 0 Å². The number of nitrogens with two attached hydrogens (primary N) is 1. The van der Waals surface area contributed by atoms with Crippen LogP contribution in [0.1, 0.15) is 0 Å². The third-order valence-electron chi connectivity index (χ3n) is 1.95. The molecule has 0 amide bonds. The van der Waals surface area contributed by atoms with Crippen molar-refractivity contribution in [1.82, 2.24) is 15.5 Å². The van der Waals surface area contributed by atoms with Gasteiger partial charge in [-0.25, -0.2) is 0 Å². The van der Waals surface area contributed by atoms with Crippen LogP contribution in [0.15, 0.2) is 0 Å². The lowest BCUT2D eigenvalue weighted by Gasteiger charge is -2.42. The van der Waals surface area contributed by atoms with E-state index in [1.54, 1.807) is 11.8 Å². The topological polar surface area (TPSA) is 73.5 Å². The predicted octanol–water partition coefficient (Wildman–Crippen LogP) is -1.68. The van der Waals surface area contributed by atoms with E-state index < -0.39 is 0 Å². The molecule has 0 aromatic heterocycles. The van der Waals surface area contributed by atoms with E-state index >= 15 is 0 Å². The average molecular weight is 192 g/mol. The van der Waals surface area contributed by atoms with Crippen LogP contribution >= 0.6 is 11.8 Å². The van der Waals surface area contributed by atoms with Crippen molar-refractivity contribution in [3.63, 3.8) is 0 Å². The van der Waals surface area contributed by atoms with Crippen LogP contribution in [0.3, 0.4) is 0 Å². The highest BCUT2D eigenvalue weighted by molar-refractivity contribution is 7.99. The van der Waals surface area contributed by atoms with E-state index in [0.29, 0.717) is 0 Å². The summed E-state index contributed by atoms with van der Waals surface area (Å²) in [5.41, 5.74) is 5.82. The first-order valence-corrected chi connectivity index (χ1v) is 5.11. The van der Waals surface area contributed by atoms with Crippen LogP contribution in [-0.4, -0.2) is 47.9 Å². The van der Waals surface area contributed by atoms with Crippen molar-refractivity contribution in [2.45, 2.75) is 18.0 Å². The van der Waals surface area contributed by atoms with Gasteiger partial charge in [0.25, 0.3) is 0 Å². The van der Waals surface area contributed by atoms with Gasteiger partial charge in [0.1, 0.15) is 11.8 Å². The smallest absolute Gasteiger partial charge is 0.112 e. The molecule has 0 aromatic carbocycles. The number of nitrogens with one attached hydrogen (secondary N) is 2. The molecule has 1 aliphatic rings. The van der Waals surface area contributed by atoms with E-state index in [0.717, 1.165) is 0 Å². The fraction of sp³-hybridized carbons (Fsp3) is 1.00. The molecule has 1 heterocycles. The molecule has 3 atom stereocenters. The molecule has 0 spiro atoms. The monoisotopic (exact) mass is 192 g/mol. The summed E-state index contributed by atoms with van der Waals surface area (Å²) < 4.78 is 0. The van der Waals surface area contributed by atoms with Crippen molar-refractivity contribution in [2.24, 2.45) is 5.73 Å². The molecule has 0 aromatic rings. The molecule has 1 fully saturated rings. The van der Waals surface area contributed by atoms with Gasteiger partial charge in [0, 0.05) is 0 Å². The second kappa shape index (κ2) is 4.40. The van der Waals surface area contributed by atoms with E-state index in [-0.39, 0.29) is 24.6 Å². The maximum absolute atomic E-state index is 9.00. The van der Waals surface area contributed by atoms with Crippen LogP contribution in [0.2, 0.25) is 0 Å². The van der Waals surface area contributed by atoms with E-state index in [4.69, 9.17) is 10.8 Å². The second-order valence-corrected chi connectivity index (χ2v) is 3.68. The molecule has 0 bridgehead atoms. The number of thioether (sulfide) groups is 1. The summed E-state index contributed by atoms with van der Waals surface area (Å²) in [6.45, 7) is 0.0724. The van der Waals surface area contributed by atoms with Crippen molar-refractivity contribution in [3.05, 3.63) is 0 Å².